The Bertz CT molecular complexity index is 824. The maximum absolute atomic E-state index is 13.1. The first-order valence-corrected chi connectivity index (χ1v) is 7.74. The molecule has 0 saturated heterocycles. The highest BCUT2D eigenvalue weighted by atomic mass is 19.4. The van der Waals surface area contributed by atoms with Crippen LogP contribution in [0.25, 0.3) is 0 Å². The maximum Gasteiger partial charge on any atom is 0.416 e. The molecule has 0 atom stereocenters. The van der Waals surface area contributed by atoms with Crippen molar-refractivity contribution in [2.45, 2.75) is 12.7 Å². The number of halogens is 4. The summed E-state index contributed by atoms with van der Waals surface area (Å²) in [6, 6.07) is 9.50. The van der Waals surface area contributed by atoms with Crippen LogP contribution in [0, 0.1) is 5.82 Å². The molecule has 144 valence electrons. The van der Waals surface area contributed by atoms with Gasteiger partial charge >= 0.3 is 6.18 Å². The number of amides is 2. The van der Waals surface area contributed by atoms with Gasteiger partial charge in [-0.1, -0.05) is 18.2 Å². The van der Waals surface area contributed by atoms with E-state index in [4.69, 9.17) is 4.84 Å². The highest BCUT2D eigenvalue weighted by Crippen LogP contribution is 2.29. The minimum absolute atomic E-state index is 0.127. The summed E-state index contributed by atoms with van der Waals surface area (Å²) in [5, 5.41) is 0. The molecule has 0 aliphatic heterocycles. The van der Waals surface area contributed by atoms with Crippen molar-refractivity contribution in [2.24, 2.45) is 0 Å². The van der Waals surface area contributed by atoms with E-state index in [2.05, 4.69) is 0 Å². The van der Waals surface area contributed by atoms with E-state index in [1.165, 1.54) is 36.2 Å². The molecule has 0 fully saturated rings. The molecule has 0 bridgehead atoms. The lowest BCUT2D eigenvalue weighted by Crippen LogP contribution is -2.34. The zero-order valence-corrected chi connectivity index (χ0v) is 14.2. The van der Waals surface area contributed by atoms with Gasteiger partial charge in [-0.2, -0.15) is 13.2 Å². The van der Waals surface area contributed by atoms with Gasteiger partial charge in [0.15, 0.2) is 6.61 Å². The average Bonchev–Trinajstić information content (AvgIpc) is 2.61. The monoisotopic (exact) mass is 384 g/mol. The van der Waals surface area contributed by atoms with Crippen LogP contribution in [0.1, 0.15) is 21.5 Å². The van der Waals surface area contributed by atoms with Gasteiger partial charge in [0.2, 0.25) is 0 Å². The van der Waals surface area contributed by atoms with Crippen molar-refractivity contribution < 1.29 is 32.0 Å². The molecule has 0 spiro atoms. The fourth-order valence-corrected chi connectivity index (χ4v) is 2.17. The van der Waals surface area contributed by atoms with E-state index in [0.717, 1.165) is 12.1 Å². The second-order valence-corrected chi connectivity index (χ2v) is 5.68. The van der Waals surface area contributed by atoms with Crippen molar-refractivity contribution in [3.05, 3.63) is 71.0 Å². The Morgan fingerprint density at radius 1 is 1.11 bits per heavy atom. The molecule has 5 nitrogen and oxygen atoms in total. The van der Waals surface area contributed by atoms with Gasteiger partial charge in [-0.25, -0.2) is 9.87 Å². The number of hydroxylamine groups is 1. The number of carbonyl (C=O) groups is 2. The molecule has 0 heterocycles. The number of alkyl halides is 3. The molecule has 1 N–H and O–H groups in total. The molecule has 0 unspecified atom stereocenters. The predicted molar refractivity (Wildman–Crippen MR) is 87.7 cm³/mol. The molecule has 0 aliphatic rings. The lowest BCUT2D eigenvalue weighted by atomic mass is 10.1. The van der Waals surface area contributed by atoms with Crippen molar-refractivity contribution in [1.29, 1.82) is 0 Å². The molecule has 0 saturated carbocycles. The van der Waals surface area contributed by atoms with Crippen LogP contribution in [0.3, 0.4) is 0 Å². The van der Waals surface area contributed by atoms with Crippen molar-refractivity contribution in [2.75, 3.05) is 13.7 Å². The Kier molecular flexibility index (Phi) is 6.51. The first-order chi connectivity index (χ1) is 12.7. The standard InChI is InChI=1S/C18H16F4N2O3/c1-24(10-12-4-2-7-15(19)8-12)16(25)11-27-23-17(26)13-5-3-6-14(9-13)18(20,21)22/h2-9H,10-11H2,1H3,(H,23,26). The molecule has 0 aliphatic carbocycles. The molecule has 0 radical (unpaired) electrons. The topological polar surface area (TPSA) is 58.6 Å². The van der Waals surface area contributed by atoms with Crippen molar-refractivity contribution in [3.8, 4) is 0 Å². The molecule has 9 heteroatoms. The summed E-state index contributed by atoms with van der Waals surface area (Å²) in [6.45, 7) is -0.405. The molecule has 2 aromatic rings. The zero-order valence-electron chi connectivity index (χ0n) is 14.2. The first kappa shape index (κ1) is 20.4. The van der Waals surface area contributed by atoms with Crippen LogP contribution < -0.4 is 5.48 Å². The van der Waals surface area contributed by atoms with E-state index in [-0.39, 0.29) is 12.1 Å². The molecule has 2 amide bonds. The fraction of sp³-hybridized carbons (Fsp3) is 0.222. The number of benzene rings is 2. The van der Waals surface area contributed by atoms with Crippen molar-refractivity contribution in [1.82, 2.24) is 10.4 Å². The Morgan fingerprint density at radius 2 is 1.81 bits per heavy atom. The lowest BCUT2D eigenvalue weighted by Gasteiger charge is -2.17. The molecule has 0 aromatic heterocycles. The summed E-state index contributed by atoms with van der Waals surface area (Å²) in [7, 11) is 1.46. The molecule has 2 rings (SSSR count). The number of hydrogen-bond acceptors (Lipinski definition) is 3. The Labute approximate surface area is 152 Å². The van der Waals surface area contributed by atoms with Crippen LogP contribution in [-0.2, 0) is 22.4 Å². The van der Waals surface area contributed by atoms with Gasteiger partial charge in [0.25, 0.3) is 11.8 Å². The second kappa shape index (κ2) is 8.63. The van der Waals surface area contributed by atoms with E-state index >= 15 is 0 Å². The zero-order chi connectivity index (χ0) is 20.0. The van der Waals surface area contributed by atoms with Crippen LogP contribution in [0.5, 0.6) is 0 Å². The summed E-state index contributed by atoms with van der Waals surface area (Å²) in [4.78, 5) is 29.8. The number of hydrogen-bond donors (Lipinski definition) is 1. The summed E-state index contributed by atoms with van der Waals surface area (Å²) in [5.41, 5.74) is 1.26. The number of nitrogens with zero attached hydrogens (tertiary/aromatic N) is 1. The third-order valence-corrected chi connectivity index (χ3v) is 3.55. The number of nitrogens with one attached hydrogen (secondary N) is 1. The second-order valence-electron chi connectivity index (χ2n) is 5.68. The summed E-state index contributed by atoms with van der Waals surface area (Å²) >= 11 is 0. The van der Waals surface area contributed by atoms with Gasteiger partial charge in [-0.3, -0.25) is 14.4 Å². The number of rotatable bonds is 6. The van der Waals surface area contributed by atoms with E-state index < -0.39 is 36.0 Å². The van der Waals surface area contributed by atoms with Gasteiger partial charge in [-0.15, -0.1) is 0 Å². The minimum Gasteiger partial charge on any atom is -0.339 e. The van der Waals surface area contributed by atoms with E-state index in [1.807, 2.05) is 5.48 Å². The number of likely N-dealkylation sites (N-methyl/N-ethyl adjacent to an activating group) is 1. The van der Waals surface area contributed by atoms with Crippen LogP contribution >= 0.6 is 0 Å². The Balaban J connectivity index is 1.84. The van der Waals surface area contributed by atoms with E-state index in [9.17, 15) is 27.2 Å². The Hall–Kier alpha value is -2.94. The van der Waals surface area contributed by atoms with Gasteiger partial charge in [0.1, 0.15) is 5.82 Å². The third kappa shape index (κ3) is 6.07. The lowest BCUT2D eigenvalue weighted by molar-refractivity contribution is -0.138. The van der Waals surface area contributed by atoms with E-state index in [1.54, 1.807) is 6.07 Å². The largest absolute Gasteiger partial charge is 0.416 e. The van der Waals surface area contributed by atoms with E-state index in [0.29, 0.717) is 11.6 Å². The highest BCUT2D eigenvalue weighted by molar-refractivity contribution is 5.93. The smallest absolute Gasteiger partial charge is 0.339 e. The van der Waals surface area contributed by atoms with Crippen LogP contribution in [-0.4, -0.2) is 30.4 Å². The Morgan fingerprint density at radius 3 is 2.48 bits per heavy atom. The molecule has 27 heavy (non-hydrogen) atoms. The minimum atomic E-state index is -4.58. The summed E-state index contributed by atoms with van der Waals surface area (Å²) in [5.74, 6) is -1.86. The van der Waals surface area contributed by atoms with Crippen LogP contribution in [0.2, 0.25) is 0 Å². The summed E-state index contributed by atoms with van der Waals surface area (Å²) < 4.78 is 51.1. The quantitative estimate of drug-likeness (QED) is 0.615. The van der Waals surface area contributed by atoms with Gasteiger partial charge < -0.3 is 4.90 Å². The average molecular weight is 384 g/mol. The molecular weight excluding hydrogens is 368 g/mol. The SMILES string of the molecule is CN(Cc1cccc(F)c1)C(=O)CONC(=O)c1cccc(C(F)(F)F)c1. The molecular formula is C18H16F4N2O3. The van der Waals surface area contributed by atoms with Gasteiger partial charge in [0, 0.05) is 19.2 Å². The van der Waals surface area contributed by atoms with Gasteiger partial charge in [0.05, 0.1) is 5.56 Å². The predicted octanol–water partition coefficient (Wildman–Crippen LogP) is 3.16. The number of carbonyl (C=O) groups excluding carboxylic acids is 2. The van der Waals surface area contributed by atoms with Gasteiger partial charge in [-0.05, 0) is 35.9 Å². The van der Waals surface area contributed by atoms with Crippen molar-refractivity contribution in [3.63, 3.8) is 0 Å². The van der Waals surface area contributed by atoms with Crippen molar-refractivity contribution >= 4 is 11.8 Å². The third-order valence-electron chi connectivity index (χ3n) is 3.55. The maximum atomic E-state index is 13.1. The fourth-order valence-electron chi connectivity index (χ4n) is 2.17. The first-order valence-electron chi connectivity index (χ1n) is 7.74. The highest BCUT2D eigenvalue weighted by Gasteiger charge is 2.30. The normalized spacial score (nSPS) is 11.1. The van der Waals surface area contributed by atoms with Crippen LogP contribution in [0.15, 0.2) is 48.5 Å². The van der Waals surface area contributed by atoms with Crippen LogP contribution in [0.4, 0.5) is 17.6 Å². The molecule has 2 aromatic carbocycles. The summed E-state index contributed by atoms with van der Waals surface area (Å²) in [6.07, 6.45) is -4.58.